The van der Waals surface area contributed by atoms with Gasteiger partial charge in [-0.25, -0.2) is 9.59 Å². The molecular weight excluding hydrogens is 598 g/mol. The summed E-state index contributed by atoms with van der Waals surface area (Å²) in [7, 11) is 0. The molecule has 4 aliphatic rings. The number of fused-ring (bicyclic) bond motifs is 3. The molecule has 1 aliphatic carbocycles. The number of alkyl carbamates (subject to hydrolysis) is 2. The largest absolute Gasteiger partial charge is 0.444 e. The highest BCUT2D eigenvalue weighted by Gasteiger charge is 2.55. The van der Waals surface area contributed by atoms with Crippen molar-refractivity contribution in [3.8, 4) is 0 Å². The molecule has 7 rings (SSSR count). The fourth-order valence-corrected chi connectivity index (χ4v) is 7.47. The van der Waals surface area contributed by atoms with Crippen LogP contribution in [0, 0.1) is 0 Å². The Bertz CT molecular complexity index is 1640. The first-order valence-electron chi connectivity index (χ1n) is 16.3. The molecule has 10 nitrogen and oxygen atoms in total. The van der Waals surface area contributed by atoms with Gasteiger partial charge >= 0.3 is 12.2 Å². The van der Waals surface area contributed by atoms with Gasteiger partial charge in [0.25, 0.3) is 0 Å². The van der Waals surface area contributed by atoms with Gasteiger partial charge in [0.05, 0.1) is 37.3 Å². The van der Waals surface area contributed by atoms with E-state index in [4.69, 9.17) is 14.2 Å². The van der Waals surface area contributed by atoms with Crippen LogP contribution in [-0.4, -0.2) is 66.2 Å². The van der Waals surface area contributed by atoms with Crippen LogP contribution in [0.5, 0.6) is 0 Å². The minimum Gasteiger partial charge on any atom is -0.444 e. The third kappa shape index (κ3) is 6.35. The van der Waals surface area contributed by atoms with Crippen LogP contribution in [0.3, 0.4) is 0 Å². The van der Waals surface area contributed by atoms with Crippen LogP contribution >= 0.6 is 0 Å². The normalized spacial score (nSPS) is 27.1. The van der Waals surface area contributed by atoms with E-state index >= 15 is 0 Å². The van der Waals surface area contributed by atoms with E-state index in [0.29, 0.717) is 44.5 Å². The number of ketones is 1. The molecule has 4 N–H and O–H groups in total. The lowest BCUT2D eigenvalue weighted by molar-refractivity contribution is -0.122. The summed E-state index contributed by atoms with van der Waals surface area (Å²) < 4.78 is 16.7. The van der Waals surface area contributed by atoms with Crippen molar-refractivity contribution >= 4 is 18.0 Å². The predicted molar refractivity (Wildman–Crippen MR) is 172 cm³/mol. The maximum Gasteiger partial charge on any atom is 0.408 e. The first-order chi connectivity index (χ1) is 22.9. The van der Waals surface area contributed by atoms with Gasteiger partial charge in [-0.1, -0.05) is 84.9 Å². The highest BCUT2D eigenvalue weighted by atomic mass is 16.6. The number of ether oxygens (including phenoxy) is 3. The molecule has 3 heterocycles. The summed E-state index contributed by atoms with van der Waals surface area (Å²) in [6, 6.07) is 26.2. The van der Waals surface area contributed by atoms with Gasteiger partial charge in [0, 0.05) is 31.0 Å². The van der Waals surface area contributed by atoms with E-state index < -0.39 is 41.9 Å². The molecule has 244 valence electrons. The summed E-state index contributed by atoms with van der Waals surface area (Å²) in [5.74, 6) is -0.642. The summed E-state index contributed by atoms with van der Waals surface area (Å²) in [5, 5.41) is 21.1. The number of Topliss-reactive ketones (excluding diaryl/α,β-unsaturated/α-hetero) is 1. The van der Waals surface area contributed by atoms with E-state index in [2.05, 4.69) is 16.0 Å². The van der Waals surface area contributed by atoms with Gasteiger partial charge in [-0.3, -0.25) is 4.79 Å². The monoisotopic (exact) mass is 637 g/mol. The Morgan fingerprint density at radius 3 is 2.40 bits per heavy atom. The van der Waals surface area contributed by atoms with Crippen molar-refractivity contribution in [1.82, 2.24) is 16.0 Å². The lowest BCUT2D eigenvalue weighted by Gasteiger charge is -2.35. The molecule has 0 unspecified atom stereocenters. The van der Waals surface area contributed by atoms with Crippen molar-refractivity contribution in [3.05, 3.63) is 119 Å². The fraction of sp³-hybridized carbons (Fsp3) is 0.378. The molecule has 2 amide bonds. The summed E-state index contributed by atoms with van der Waals surface area (Å²) >= 11 is 0. The molecule has 3 aromatic carbocycles. The number of benzene rings is 3. The van der Waals surface area contributed by atoms with Crippen LogP contribution in [0.25, 0.3) is 0 Å². The summed E-state index contributed by atoms with van der Waals surface area (Å²) in [4.78, 5) is 40.1. The van der Waals surface area contributed by atoms with Gasteiger partial charge in [-0.2, -0.15) is 0 Å². The second-order valence-electron chi connectivity index (χ2n) is 12.9. The van der Waals surface area contributed by atoms with Crippen molar-refractivity contribution in [2.45, 2.75) is 74.0 Å². The molecule has 7 atom stereocenters. The zero-order chi connectivity index (χ0) is 32.4. The highest BCUT2D eigenvalue weighted by molar-refractivity contribution is 6.07. The van der Waals surface area contributed by atoms with E-state index in [0.717, 1.165) is 22.3 Å². The molecule has 3 aromatic rings. The van der Waals surface area contributed by atoms with Gasteiger partial charge in [0.1, 0.15) is 17.7 Å². The van der Waals surface area contributed by atoms with Crippen molar-refractivity contribution < 1.29 is 33.7 Å². The van der Waals surface area contributed by atoms with E-state index in [1.54, 1.807) is 6.20 Å². The number of carbonyl (C=O) groups excluding carboxylic acids is 3. The van der Waals surface area contributed by atoms with Gasteiger partial charge in [0.2, 0.25) is 0 Å². The standard InChI is InChI=1S/C37H39N3O7/c41-30(29(16-15-23-9-3-1-4-10-23)39-35(43)46-25-17-18-45-22-25)20-37(19-24-11-5-2-6-12-24)34(42)28(21-38-37)31-26-13-7-8-14-27(26)32-33(31)47-36(44)40-32/h1-14,21,25,29-33,38,41H,15-20,22H2,(H,39,43)(H,40,44)/t25-,29-,30-,31+,32+,33-,37-/m0/s1. The highest BCUT2D eigenvalue weighted by Crippen LogP contribution is 2.50. The Kier molecular flexibility index (Phi) is 8.70. The molecule has 2 fully saturated rings. The minimum absolute atomic E-state index is 0.0213. The van der Waals surface area contributed by atoms with Gasteiger partial charge < -0.3 is 35.3 Å². The van der Waals surface area contributed by atoms with E-state index in [9.17, 15) is 19.5 Å². The van der Waals surface area contributed by atoms with Crippen LogP contribution in [0.2, 0.25) is 0 Å². The number of hydrogen-bond acceptors (Lipinski definition) is 8. The Hall–Kier alpha value is -4.67. The van der Waals surface area contributed by atoms with Crippen molar-refractivity contribution in [3.63, 3.8) is 0 Å². The van der Waals surface area contributed by atoms with Gasteiger partial charge in [-0.15, -0.1) is 0 Å². The van der Waals surface area contributed by atoms with E-state index in [1.165, 1.54) is 0 Å². The quantitative estimate of drug-likeness (QED) is 0.245. The molecule has 3 aliphatic heterocycles. The van der Waals surface area contributed by atoms with Crippen LogP contribution in [0.1, 0.15) is 53.5 Å². The summed E-state index contributed by atoms with van der Waals surface area (Å²) in [6.45, 7) is 0.875. The zero-order valence-electron chi connectivity index (χ0n) is 26.0. The summed E-state index contributed by atoms with van der Waals surface area (Å²) in [6.07, 6.45) is 0.573. The number of aliphatic hydroxyl groups excluding tert-OH is 1. The number of aryl methyl sites for hydroxylation is 1. The predicted octanol–water partition coefficient (Wildman–Crippen LogP) is 4.24. The Labute approximate surface area is 273 Å². The molecule has 10 heteroatoms. The van der Waals surface area contributed by atoms with Gasteiger partial charge in [0.15, 0.2) is 5.78 Å². The lowest BCUT2D eigenvalue weighted by atomic mass is 9.76. The molecule has 0 saturated carbocycles. The Morgan fingerprint density at radius 2 is 1.68 bits per heavy atom. The smallest absolute Gasteiger partial charge is 0.408 e. The second kappa shape index (κ2) is 13.2. The van der Waals surface area contributed by atoms with Crippen LogP contribution in [0.4, 0.5) is 9.59 Å². The first-order valence-corrected chi connectivity index (χ1v) is 16.3. The number of rotatable bonds is 11. The number of hydrogen-bond donors (Lipinski definition) is 4. The van der Waals surface area contributed by atoms with Crippen LogP contribution in [-0.2, 0) is 31.8 Å². The molecule has 0 aromatic heterocycles. The SMILES string of the molecule is O=C(N[C@@H](CCc1ccccc1)[C@@H](O)C[C@]1(Cc2ccccc2)NC=C([C@H]2c3ccccc3[C@H]3NC(=O)O[C@H]32)C1=O)O[C@H]1CCOC1. The average Bonchev–Trinajstić information content (AvgIpc) is 3.86. The molecular formula is C37H39N3O7. The topological polar surface area (TPSA) is 135 Å². The fourth-order valence-electron chi connectivity index (χ4n) is 7.47. The lowest BCUT2D eigenvalue weighted by Crippen LogP contribution is -2.55. The Morgan fingerprint density at radius 1 is 0.979 bits per heavy atom. The van der Waals surface area contributed by atoms with Crippen molar-refractivity contribution in [1.29, 1.82) is 0 Å². The van der Waals surface area contributed by atoms with Crippen molar-refractivity contribution in [2.24, 2.45) is 0 Å². The minimum atomic E-state index is -1.21. The van der Waals surface area contributed by atoms with Gasteiger partial charge in [-0.05, 0) is 35.1 Å². The summed E-state index contributed by atoms with van der Waals surface area (Å²) in [5.41, 5.74) is 3.13. The number of carbonyl (C=O) groups is 3. The average molecular weight is 638 g/mol. The van der Waals surface area contributed by atoms with Crippen LogP contribution < -0.4 is 16.0 Å². The van der Waals surface area contributed by atoms with Crippen LogP contribution in [0.15, 0.2) is 96.7 Å². The third-order valence-electron chi connectivity index (χ3n) is 9.80. The maximum absolute atomic E-state index is 14.8. The molecule has 47 heavy (non-hydrogen) atoms. The van der Waals surface area contributed by atoms with E-state index in [-0.39, 0.29) is 24.3 Å². The first kappa shape index (κ1) is 31.0. The molecule has 0 bridgehead atoms. The van der Waals surface area contributed by atoms with Crippen molar-refractivity contribution in [2.75, 3.05) is 13.2 Å². The number of nitrogens with one attached hydrogen (secondary N) is 3. The second-order valence-corrected chi connectivity index (χ2v) is 12.9. The number of aliphatic hydroxyl groups is 1. The number of amides is 2. The maximum atomic E-state index is 14.8. The third-order valence-corrected chi connectivity index (χ3v) is 9.80. The molecule has 2 saturated heterocycles. The molecule has 0 spiro atoms. The Balaban J connectivity index is 1.16. The van der Waals surface area contributed by atoms with E-state index in [1.807, 2.05) is 84.9 Å². The zero-order valence-corrected chi connectivity index (χ0v) is 26.0. The molecule has 0 radical (unpaired) electrons.